The number of nitrogens with two attached hydrogens (primary N) is 1. The predicted octanol–water partition coefficient (Wildman–Crippen LogP) is 1.79. The second-order valence-corrected chi connectivity index (χ2v) is 10.9. The quantitative estimate of drug-likeness (QED) is 0.594. The van der Waals surface area contributed by atoms with Gasteiger partial charge in [0.1, 0.15) is 24.9 Å². The maximum atomic E-state index is 14.4. The van der Waals surface area contributed by atoms with Crippen molar-refractivity contribution in [3.63, 3.8) is 0 Å². The van der Waals surface area contributed by atoms with Crippen LogP contribution >= 0.6 is 0 Å². The summed E-state index contributed by atoms with van der Waals surface area (Å²) >= 11 is 0. The number of benzene rings is 1. The number of likely N-dealkylation sites (N-methyl/N-ethyl adjacent to an activating group) is 1. The number of nitrogens with zero attached hydrogens (tertiary/aromatic N) is 3. The van der Waals surface area contributed by atoms with Crippen LogP contribution in [0.4, 0.5) is 5.69 Å². The number of ether oxygens (including phenoxy) is 2. The third kappa shape index (κ3) is 5.01. The van der Waals surface area contributed by atoms with Gasteiger partial charge >= 0.3 is 0 Å². The normalized spacial score (nSPS) is 27.9. The summed E-state index contributed by atoms with van der Waals surface area (Å²) < 4.78 is 11.3. The first kappa shape index (κ1) is 26.1. The van der Waals surface area contributed by atoms with Crippen LogP contribution in [0, 0.1) is 5.92 Å². The van der Waals surface area contributed by atoms with Crippen molar-refractivity contribution in [2.45, 2.75) is 63.2 Å². The number of rotatable bonds is 7. The highest BCUT2D eigenvalue weighted by atomic mass is 16.5. The van der Waals surface area contributed by atoms with E-state index >= 15 is 0 Å². The number of methoxy groups -OCH3 is 1. The topological polar surface area (TPSA) is 105 Å². The van der Waals surface area contributed by atoms with Gasteiger partial charge in [0.05, 0.1) is 12.5 Å². The maximum absolute atomic E-state index is 14.4. The minimum Gasteiger partial charge on any atom is -0.377 e. The lowest BCUT2D eigenvalue weighted by Crippen LogP contribution is -2.47. The number of Topliss-reactive ketones (excluding diaryl/α,β-unsaturated/α-hetero) is 1. The van der Waals surface area contributed by atoms with Crippen LogP contribution in [0.3, 0.4) is 0 Å². The summed E-state index contributed by atoms with van der Waals surface area (Å²) in [4.78, 5) is 46.3. The van der Waals surface area contributed by atoms with Gasteiger partial charge in [-0.05, 0) is 49.1 Å². The van der Waals surface area contributed by atoms with Gasteiger partial charge in [0.25, 0.3) is 0 Å². The highest BCUT2D eigenvalue weighted by Crippen LogP contribution is 2.42. The molecule has 1 aromatic rings. The Labute approximate surface area is 219 Å². The Kier molecular flexibility index (Phi) is 7.83. The zero-order chi connectivity index (χ0) is 26.1. The van der Waals surface area contributed by atoms with E-state index in [0.717, 1.165) is 70.5 Å². The molecule has 4 fully saturated rings. The first-order chi connectivity index (χ1) is 17.9. The predicted molar refractivity (Wildman–Crippen MR) is 140 cm³/mol. The number of fused-ring (bicyclic) bond motifs is 1. The highest BCUT2D eigenvalue weighted by Gasteiger charge is 2.54. The van der Waals surface area contributed by atoms with Crippen molar-refractivity contribution in [2.75, 3.05) is 57.9 Å². The average molecular weight is 513 g/mol. The largest absolute Gasteiger partial charge is 0.377 e. The van der Waals surface area contributed by atoms with Crippen molar-refractivity contribution < 1.29 is 23.9 Å². The molecule has 0 spiro atoms. The molecule has 202 valence electrons. The molecular weight excluding hydrogens is 472 g/mol. The van der Waals surface area contributed by atoms with Gasteiger partial charge in [0, 0.05) is 44.5 Å². The van der Waals surface area contributed by atoms with Gasteiger partial charge in [-0.1, -0.05) is 26.2 Å². The van der Waals surface area contributed by atoms with Crippen LogP contribution in [0.5, 0.6) is 0 Å². The smallest absolute Gasteiger partial charge is 0.249 e. The molecule has 2 amide bonds. The minimum absolute atomic E-state index is 0.00116. The van der Waals surface area contributed by atoms with Crippen molar-refractivity contribution in [2.24, 2.45) is 11.7 Å². The van der Waals surface area contributed by atoms with E-state index in [9.17, 15) is 14.4 Å². The number of likely N-dealkylation sites (tertiary alicyclic amines) is 1. The molecule has 37 heavy (non-hydrogen) atoms. The van der Waals surface area contributed by atoms with E-state index in [1.54, 1.807) is 18.1 Å². The number of ketones is 1. The molecule has 1 saturated carbocycles. The second kappa shape index (κ2) is 11.1. The van der Waals surface area contributed by atoms with E-state index in [0.29, 0.717) is 17.7 Å². The summed E-state index contributed by atoms with van der Waals surface area (Å²) in [5.74, 6) is -1.18. The number of hydrogen-bond donors (Lipinski definition) is 1. The Hall–Kier alpha value is -2.49. The standard InChI is InChI=1S/C28H40N4O5/c1-3-30-11-13-31(14-12-30)19-9-10-20(27(29)34)21(15-19)24(18-7-5-4-6-8-18)28(35)32-16-23(36-2)26-25(32)22(33)17-37-26/h9-10,15,18,23-26H,3-8,11-14,16-17H2,1-2H3,(H2,29,34)/t23-,24-,25+,26+/m0/s1. The highest BCUT2D eigenvalue weighted by molar-refractivity contribution is 5.99. The van der Waals surface area contributed by atoms with E-state index in [4.69, 9.17) is 15.2 Å². The van der Waals surface area contributed by atoms with Crippen molar-refractivity contribution in [3.05, 3.63) is 29.3 Å². The molecule has 1 aliphatic carbocycles. The third-order valence-electron chi connectivity index (χ3n) is 8.93. The summed E-state index contributed by atoms with van der Waals surface area (Å²) in [6, 6.07) is 5.13. The first-order valence-electron chi connectivity index (χ1n) is 13.8. The number of amides is 2. The van der Waals surface area contributed by atoms with Crippen molar-refractivity contribution in [1.29, 1.82) is 0 Å². The number of carbonyl (C=O) groups excluding carboxylic acids is 3. The maximum Gasteiger partial charge on any atom is 0.249 e. The van der Waals surface area contributed by atoms with Crippen LogP contribution in [-0.2, 0) is 19.1 Å². The molecule has 9 nitrogen and oxygen atoms in total. The molecule has 0 radical (unpaired) electrons. The van der Waals surface area contributed by atoms with Crippen LogP contribution in [0.1, 0.15) is 60.9 Å². The van der Waals surface area contributed by atoms with Crippen LogP contribution in [0.25, 0.3) is 0 Å². The van der Waals surface area contributed by atoms with E-state index < -0.39 is 24.0 Å². The van der Waals surface area contributed by atoms with Crippen molar-refractivity contribution in [1.82, 2.24) is 9.80 Å². The molecule has 3 heterocycles. The fourth-order valence-electron chi connectivity index (χ4n) is 6.83. The van der Waals surface area contributed by atoms with Gasteiger partial charge < -0.3 is 29.9 Å². The molecule has 1 aromatic carbocycles. The van der Waals surface area contributed by atoms with E-state index in [-0.39, 0.29) is 30.3 Å². The van der Waals surface area contributed by atoms with Gasteiger partial charge in [0.2, 0.25) is 11.8 Å². The van der Waals surface area contributed by atoms with Gasteiger partial charge in [-0.25, -0.2) is 0 Å². The van der Waals surface area contributed by atoms with Crippen molar-refractivity contribution >= 4 is 23.3 Å². The zero-order valence-electron chi connectivity index (χ0n) is 22.1. The Bertz CT molecular complexity index is 1020. The van der Waals surface area contributed by atoms with E-state index in [2.05, 4.69) is 16.7 Å². The number of anilines is 1. The minimum atomic E-state index is -0.633. The summed E-state index contributed by atoms with van der Waals surface area (Å²) in [5, 5.41) is 0. The van der Waals surface area contributed by atoms with Crippen LogP contribution < -0.4 is 10.6 Å². The van der Waals surface area contributed by atoms with Gasteiger partial charge in [-0.2, -0.15) is 0 Å². The fourth-order valence-corrected chi connectivity index (χ4v) is 6.83. The molecule has 9 heteroatoms. The molecule has 0 bridgehead atoms. The molecule has 0 unspecified atom stereocenters. The summed E-state index contributed by atoms with van der Waals surface area (Å²) in [7, 11) is 1.59. The first-order valence-corrected chi connectivity index (χ1v) is 13.8. The molecule has 3 saturated heterocycles. The Morgan fingerprint density at radius 2 is 1.86 bits per heavy atom. The van der Waals surface area contributed by atoms with Gasteiger partial charge in [-0.3, -0.25) is 14.4 Å². The summed E-state index contributed by atoms with van der Waals surface area (Å²) in [5.41, 5.74) is 7.98. The Balaban J connectivity index is 1.53. The van der Waals surface area contributed by atoms with Crippen LogP contribution in [-0.4, -0.2) is 98.6 Å². The summed E-state index contributed by atoms with van der Waals surface area (Å²) in [6.45, 7) is 7.25. The molecule has 3 aliphatic heterocycles. The molecule has 0 aromatic heterocycles. The second-order valence-electron chi connectivity index (χ2n) is 10.9. The molecular formula is C28H40N4O5. The van der Waals surface area contributed by atoms with Gasteiger partial charge in [0.15, 0.2) is 5.78 Å². The Morgan fingerprint density at radius 1 is 1.14 bits per heavy atom. The number of piperazine rings is 1. The zero-order valence-corrected chi connectivity index (χ0v) is 22.1. The van der Waals surface area contributed by atoms with Crippen LogP contribution in [0.2, 0.25) is 0 Å². The number of carbonyl (C=O) groups is 3. The monoisotopic (exact) mass is 512 g/mol. The fraction of sp³-hybridized carbons (Fsp3) is 0.679. The van der Waals surface area contributed by atoms with E-state index in [1.807, 2.05) is 12.1 Å². The lowest BCUT2D eigenvalue weighted by molar-refractivity contribution is -0.139. The molecule has 5 rings (SSSR count). The van der Waals surface area contributed by atoms with Crippen molar-refractivity contribution in [3.8, 4) is 0 Å². The third-order valence-corrected chi connectivity index (χ3v) is 8.93. The summed E-state index contributed by atoms with van der Waals surface area (Å²) in [6.07, 6.45) is 4.28. The average Bonchev–Trinajstić information content (AvgIpc) is 3.49. The van der Waals surface area contributed by atoms with Gasteiger partial charge in [-0.15, -0.1) is 0 Å². The SMILES string of the molecule is CCN1CCN(c2ccc(C(N)=O)c([C@@H](C(=O)N3C[C@H](OC)[C@H]4OCC(=O)[C@H]43)C3CCCCC3)c2)CC1. The molecule has 4 aliphatic rings. The molecule has 4 atom stereocenters. The number of hydrogen-bond acceptors (Lipinski definition) is 7. The van der Waals surface area contributed by atoms with E-state index in [1.165, 1.54) is 0 Å². The lowest BCUT2D eigenvalue weighted by atomic mass is 9.74. The molecule has 2 N–H and O–H groups in total. The lowest BCUT2D eigenvalue weighted by Gasteiger charge is -2.37. The van der Waals surface area contributed by atoms with Crippen LogP contribution in [0.15, 0.2) is 18.2 Å². The Morgan fingerprint density at radius 3 is 2.51 bits per heavy atom. The number of primary amides is 1.